The summed E-state index contributed by atoms with van der Waals surface area (Å²) in [5, 5.41) is 7.37. The van der Waals surface area contributed by atoms with Gasteiger partial charge >= 0.3 is 0 Å². The highest BCUT2D eigenvalue weighted by Crippen LogP contribution is 2.26. The molecule has 1 aliphatic carbocycles. The Morgan fingerprint density at radius 1 is 1.37 bits per heavy atom. The Bertz CT molecular complexity index is 610. The number of hydrogen-bond donors (Lipinski definition) is 2. The Morgan fingerprint density at radius 2 is 2.00 bits per heavy atom. The summed E-state index contributed by atoms with van der Waals surface area (Å²) in [5.74, 6) is -0.160. The molecule has 0 saturated carbocycles. The fourth-order valence-corrected chi connectivity index (χ4v) is 3.67. The van der Waals surface area contributed by atoms with Crippen LogP contribution >= 0.6 is 0 Å². The highest BCUT2D eigenvalue weighted by atomic mass is 32.2. The molecule has 2 rings (SSSR count). The minimum absolute atomic E-state index is 0.160. The number of hydrogen-bond acceptors (Lipinski definition) is 3. The van der Waals surface area contributed by atoms with Gasteiger partial charge in [-0.1, -0.05) is 6.07 Å². The monoisotopic (exact) mass is 281 g/mol. The van der Waals surface area contributed by atoms with Crippen molar-refractivity contribution in [2.45, 2.75) is 37.1 Å². The van der Waals surface area contributed by atoms with Crippen molar-refractivity contribution in [1.29, 1.82) is 5.41 Å². The molecule has 1 atom stereocenters. The fourth-order valence-electron chi connectivity index (χ4n) is 2.28. The van der Waals surface area contributed by atoms with Gasteiger partial charge in [-0.15, -0.1) is 0 Å². The van der Waals surface area contributed by atoms with E-state index in [1.165, 1.54) is 12.6 Å². The van der Waals surface area contributed by atoms with Crippen molar-refractivity contribution in [3.63, 3.8) is 0 Å². The van der Waals surface area contributed by atoms with Crippen LogP contribution in [0.5, 0.6) is 0 Å². The van der Waals surface area contributed by atoms with Crippen LogP contribution in [0.4, 0.5) is 0 Å². The number of aryl methyl sites for hydroxylation is 2. The molecule has 1 aromatic carbocycles. The molecule has 0 saturated heterocycles. The van der Waals surface area contributed by atoms with E-state index in [0.29, 0.717) is 0 Å². The van der Waals surface area contributed by atoms with Gasteiger partial charge in [-0.05, 0) is 49.4 Å². The molecule has 0 radical (unpaired) electrons. The summed E-state index contributed by atoms with van der Waals surface area (Å²) in [6.07, 6.45) is 3.04. The Morgan fingerprint density at radius 3 is 2.63 bits per heavy atom. The molecular formula is C13H19N3O2S. The molecular weight excluding hydrogens is 262 g/mol. The number of rotatable bonds is 4. The first-order chi connectivity index (χ1) is 8.84. The summed E-state index contributed by atoms with van der Waals surface area (Å²) in [7, 11) is -2.14. The Kier molecular flexibility index (Phi) is 3.64. The van der Waals surface area contributed by atoms with Crippen LogP contribution in [-0.2, 0) is 22.9 Å². The number of nitrogens with one attached hydrogen (secondary N) is 1. The number of nitrogens with zero attached hydrogens (tertiary/aromatic N) is 1. The number of likely N-dealkylation sites (N-methyl/N-ethyl adjacent to an activating group) is 1. The topological polar surface area (TPSA) is 87.2 Å². The summed E-state index contributed by atoms with van der Waals surface area (Å²) in [6.45, 7) is 1.60. The zero-order chi connectivity index (χ0) is 14.2. The lowest BCUT2D eigenvalue weighted by Gasteiger charge is -2.23. The third kappa shape index (κ3) is 2.50. The van der Waals surface area contributed by atoms with Crippen LogP contribution in [0.2, 0.25) is 0 Å². The second-order valence-electron chi connectivity index (χ2n) is 4.94. The number of sulfonamides is 1. The van der Waals surface area contributed by atoms with Crippen LogP contribution < -0.4 is 5.73 Å². The van der Waals surface area contributed by atoms with E-state index in [1.54, 1.807) is 19.1 Å². The van der Waals surface area contributed by atoms with Gasteiger partial charge < -0.3 is 5.73 Å². The molecule has 104 valence electrons. The summed E-state index contributed by atoms with van der Waals surface area (Å²) in [6, 6.07) is 4.64. The molecule has 0 bridgehead atoms. The number of benzene rings is 1. The molecule has 3 N–H and O–H groups in total. The van der Waals surface area contributed by atoms with E-state index in [-0.39, 0.29) is 10.7 Å². The van der Waals surface area contributed by atoms with Crippen molar-refractivity contribution in [2.24, 2.45) is 5.73 Å². The van der Waals surface area contributed by atoms with Crippen LogP contribution in [0, 0.1) is 5.41 Å². The standard InChI is InChI=1S/C13H19N3O2S/c1-9(13(14)15)16(2)19(17,18)12-7-6-10-4-3-5-11(10)8-12/h6-9H,3-5H2,1-2H3,(H3,14,15). The van der Waals surface area contributed by atoms with E-state index in [4.69, 9.17) is 11.1 Å². The van der Waals surface area contributed by atoms with E-state index in [2.05, 4.69) is 0 Å². The molecule has 6 heteroatoms. The van der Waals surface area contributed by atoms with Crippen molar-refractivity contribution in [1.82, 2.24) is 4.31 Å². The van der Waals surface area contributed by atoms with Crippen molar-refractivity contribution in [3.05, 3.63) is 29.3 Å². The van der Waals surface area contributed by atoms with Gasteiger partial charge in [0.15, 0.2) is 0 Å². The van der Waals surface area contributed by atoms with Gasteiger partial charge in [-0.2, -0.15) is 4.31 Å². The Hall–Kier alpha value is -1.40. The third-order valence-electron chi connectivity index (χ3n) is 3.74. The molecule has 0 aliphatic heterocycles. The average molecular weight is 281 g/mol. The van der Waals surface area contributed by atoms with Crippen molar-refractivity contribution < 1.29 is 8.42 Å². The smallest absolute Gasteiger partial charge is 0.243 e. The summed E-state index contributed by atoms with van der Waals surface area (Å²) >= 11 is 0. The predicted octanol–water partition coefficient (Wildman–Crippen LogP) is 1.12. The lowest BCUT2D eigenvalue weighted by molar-refractivity contribution is 0.448. The van der Waals surface area contributed by atoms with Gasteiger partial charge in [0.1, 0.15) is 5.84 Å². The van der Waals surface area contributed by atoms with Gasteiger partial charge in [-0.25, -0.2) is 8.42 Å². The van der Waals surface area contributed by atoms with Gasteiger partial charge in [0, 0.05) is 7.05 Å². The zero-order valence-electron chi connectivity index (χ0n) is 11.2. The van der Waals surface area contributed by atoms with Gasteiger partial charge in [0.2, 0.25) is 10.0 Å². The number of nitrogens with two attached hydrogens (primary N) is 1. The minimum atomic E-state index is -3.59. The van der Waals surface area contributed by atoms with Crippen molar-refractivity contribution >= 4 is 15.9 Å². The number of amidine groups is 1. The van der Waals surface area contributed by atoms with Gasteiger partial charge in [-0.3, -0.25) is 5.41 Å². The summed E-state index contributed by atoms with van der Waals surface area (Å²) in [4.78, 5) is 0.281. The molecule has 0 heterocycles. The predicted molar refractivity (Wildman–Crippen MR) is 74.8 cm³/mol. The van der Waals surface area contributed by atoms with Crippen LogP contribution in [0.25, 0.3) is 0 Å². The highest BCUT2D eigenvalue weighted by molar-refractivity contribution is 7.89. The van der Waals surface area contributed by atoms with E-state index in [9.17, 15) is 8.42 Å². The van der Waals surface area contributed by atoms with E-state index in [0.717, 1.165) is 29.1 Å². The van der Waals surface area contributed by atoms with Crippen molar-refractivity contribution in [2.75, 3.05) is 7.05 Å². The molecule has 0 aromatic heterocycles. The molecule has 19 heavy (non-hydrogen) atoms. The second-order valence-corrected chi connectivity index (χ2v) is 6.93. The largest absolute Gasteiger partial charge is 0.386 e. The van der Waals surface area contributed by atoms with E-state index >= 15 is 0 Å². The van der Waals surface area contributed by atoms with E-state index < -0.39 is 16.1 Å². The Balaban J connectivity index is 2.37. The maximum atomic E-state index is 12.5. The summed E-state index contributed by atoms with van der Waals surface area (Å²) in [5.41, 5.74) is 7.73. The fraction of sp³-hybridized carbons (Fsp3) is 0.462. The maximum absolute atomic E-state index is 12.5. The van der Waals surface area contributed by atoms with Gasteiger partial charge in [0.25, 0.3) is 0 Å². The molecule has 1 aromatic rings. The van der Waals surface area contributed by atoms with Crippen LogP contribution in [-0.4, -0.2) is 31.6 Å². The lowest BCUT2D eigenvalue weighted by Crippen LogP contribution is -2.43. The zero-order valence-corrected chi connectivity index (χ0v) is 12.0. The molecule has 0 spiro atoms. The van der Waals surface area contributed by atoms with Gasteiger partial charge in [0.05, 0.1) is 10.9 Å². The number of fused-ring (bicyclic) bond motifs is 1. The van der Waals surface area contributed by atoms with Crippen LogP contribution in [0.1, 0.15) is 24.5 Å². The molecule has 1 aliphatic rings. The van der Waals surface area contributed by atoms with Crippen LogP contribution in [0.15, 0.2) is 23.1 Å². The average Bonchev–Trinajstić information content (AvgIpc) is 2.83. The first kappa shape index (κ1) is 14.0. The normalized spacial score (nSPS) is 16.4. The highest BCUT2D eigenvalue weighted by Gasteiger charge is 2.27. The second kappa shape index (κ2) is 4.94. The first-order valence-electron chi connectivity index (χ1n) is 6.28. The molecule has 0 amide bonds. The lowest BCUT2D eigenvalue weighted by atomic mass is 10.1. The van der Waals surface area contributed by atoms with Crippen LogP contribution in [0.3, 0.4) is 0 Å². The Labute approximate surface area is 114 Å². The molecule has 5 nitrogen and oxygen atoms in total. The molecule has 1 unspecified atom stereocenters. The molecule has 0 fully saturated rings. The maximum Gasteiger partial charge on any atom is 0.243 e. The third-order valence-corrected chi connectivity index (χ3v) is 5.67. The summed E-state index contributed by atoms with van der Waals surface area (Å²) < 4.78 is 26.0. The van der Waals surface area contributed by atoms with Crippen molar-refractivity contribution in [3.8, 4) is 0 Å². The minimum Gasteiger partial charge on any atom is -0.386 e. The quantitative estimate of drug-likeness (QED) is 0.640. The SMILES string of the molecule is CC(C(=N)N)N(C)S(=O)(=O)c1ccc2c(c1)CCC2. The van der Waals surface area contributed by atoms with E-state index in [1.807, 2.05) is 6.07 Å². The first-order valence-corrected chi connectivity index (χ1v) is 7.72.